The van der Waals surface area contributed by atoms with E-state index in [1.807, 2.05) is 12.1 Å². The van der Waals surface area contributed by atoms with Crippen LogP contribution in [-0.2, 0) is 6.54 Å². The number of aromatic amines is 1. The molecule has 0 radical (unpaired) electrons. The minimum Gasteiger partial charge on any atom is -0.328 e. The summed E-state index contributed by atoms with van der Waals surface area (Å²) in [5.74, 6) is 0.462. The highest BCUT2D eigenvalue weighted by molar-refractivity contribution is 9.10. The van der Waals surface area contributed by atoms with Crippen LogP contribution >= 0.6 is 15.9 Å². The molecule has 1 N–H and O–H groups in total. The van der Waals surface area contributed by atoms with Crippen molar-refractivity contribution >= 4 is 32.7 Å². The molecule has 0 saturated heterocycles. The van der Waals surface area contributed by atoms with Crippen molar-refractivity contribution in [3.8, 4) is 11.4 Å². The molecular weight excluding hydrogens is 386 g/mol. The van der Waals surface area contributed by atoms with Crippen LogP contribution in [0.25, 0.3) is 28.2 Å². The van der Waals surface area contributed by atoms with Gasteiger partial charge in [-0.25, -0.2) is 14.8 Å². The maximum Gasteiger partial charge on any atom is 0.352 e. The third kappa shape index (κ3) is 2.74. The van der Waals surface area contributed by atoms with Gasteiger partial charge in [0.2, 0.25) is 0 Å². The van der Waals surface area contributed by atoms with Gasteiger partial charge in [-0.3, -0.25) is 9.55 Å². The fourth-order valence-corrected chi connectivity index (χ4v) is 3.20. The number of hydrogen-bond donors (Lipinski definition) is 1. The second kappa shape index (κ2) is 6.40. The van der Waals surface area contributed by atoms with Crippen LogP contribution in [0.5, 0.6) is 0 Å². The molecule has 0 bridgehead atoms. The molecule has 0 aliphatic heterocycles. The van der Waals surface area contributed by atoms with Crippen molar-refractivity contribution in [2.75, 3.05) is 0 Å². The Bertz CT molecular complexity index is 1100. The maximum absolute atomic E-state index is 12.9. The third-order valence-corrected chi connectivity index (χ3v) is 4.43. The average molecular weight is 402 g/mol. The van der Waals surface area contributed by atoms with Crippen LogP contribution in [-0.4, -0.2) is 34.1 Å². The molecule has 0 amide bonds. The number of nitrogens with one attached hydrogen (secondary N) is 1. The Kier molecular flexibility index (Phi) is 4.08. The van der Waals surface area contributed by atoms with Gasteiger partial charge in [0.1, 0.15) is 5.52 Å². The van der Waals surface area contributed by atoms with E-state index in [2.05, 4.69) is 47.9 Å². The van der Waals surface area contributed by atoms with Crippen molar-refractivity contribution in [3.05, 3.63) is 39.7 Å². The Labute approximate surface area is 151 Å². The minimum atomic E-state index is -0.236. The Balaban J connectivity index is 1.96. The molecule has 0 fully saturated rings. The highest BCUT2D eigenvalue weighted by atomic mass is 79.9. The number of unbranched alkanes of at least 4 members (excludes halogenated alkanes) is 2. The monoisotopic (exact) mass is 401 g/mol. The minimum absolute atomic E-state index is 0.236. The van der Waals surface area contributed by atoms with Gasteiger partial charge in [0.05, 0.1) is 0 Å². The summed E-state index contributed by atoms with van der Waals surface area (Å²) in [7, 11) is 0. The molecule has 25 heavy (non-hydrogen) atoms. The smallest absolute Gasteiger partial charge is 0.328 e. The second-order valence-corrected chi connectivity index (χ2v) is 6.53. The summed E-state index contributed by atoms with van der Waals surface area (Å²) in [6.07, 6.45) is 6.40. The fraction of sp³-hybridized carbons (Fsp3) is 0.312. The van der Waals surface area contributed by atoms with Crippen LogP contribution in [0, 0.1) is 0 Å². The molecule has 0 unspecified atom stereocenters. The first-order valence-corrected chi connectivity index (χ1v) is 8.93. The zero-order valence-electron chi connectivity index (χ0n) is 13.6. The van der Waals surface area contributed by atoms with Crippen molar-refractivity contribution in [3.63, 3.8) is 0 Å². The van der Waals surface area contributed by atoms with Crippen molar-refractivity contribution < 1.29 is 0 Å². The van der Waals surface area contributed by atoms with Gasteiger partial charge in [-0.05, 0) is 34.5 Å². The molecule has 128 valence electrons. The molecule has 4 heterocycles. The molecule has 4 aromatic rings. The fourth-order valence-electron chi connectivity index (χ4n) is 2.84. The van der Waals surface area contributed by atoms with E-state index in [0.717, 1.165) is 24.8 Å². The molecule has 0 spiro atoms. The van der Waals surface area contributed by atoms with E-state index in [1.165, 1.54) is 4.52 Å². The van der Waals surface area contributed by atoms with Crippen LogP contribution in [0.3, 0.4) is 0 Å². The van der Waals surface area contributed by atoms with Crippen molar-refractivity contribution in [2.45, 2.75) is 32.7 Å². The van der Waals surface area contributed by atoms with Gasteiger partial charge in [-0.15, -0.1) is 5.10 Å². The van der Waals surface area contributed by atoms with Crippen LogP contribution in [0.4, 0.5) is 0 Å². The second-order valence-electron chi connectivity index (χ2n) is 5.78. The van der Waals surface area contributed by atoms with E-state index in [1.54, 1.807) is 17.0 Å². The molecular formula is C16H16BrN7O. The van der Waals surface area contributed by atoms with Gasteiger partial charge in [0.15, 0.2) is 21.9 Å². The first-order valence-electron chi connectivity index (χ1n) is 8.14. The Morgan fingerprint density at radius 3 is 2.88 bits per heavy atom. The summed E-state index contributed by atoms with van der Waals surface area (Å²) < 4.78 is 3.55. The summed E-state index contributed by atoms with van der Waals surface area (Å²) in [4.78, 5) is 29.1. The van der Waals surface area contributed by atoms with Gasteiger partial charge in [0.25, 0.3) is 0 Å². The van der Waals surface area contributed by atoms with Gasteiger partial charge < -0.3 is 4.98 Å². The largest absolute Gasteiger partial charge is 0.352 e. The predicted octanol–water partition coefficient (Wildman–Crippen LogP) is 2.78. The van der Waals surface area contributed by atoms with E-state index in [9.17, 15) is 4.79 Å². The lowest BCUT2D eigenvalue weighted by Gasteiger charge is -2.06. The lowest BCUT2D eigenvalue weighted by atomic mass is 10.2. The molecule has 8 nitrogen and oxygen atoms in total. The Morgan fingerprint density at radius 1 is 1.24 bits per heavy atom. The third-order valence-electron chi connectivity index (χ3n) is 4.06. The van der Waals surface area contributed by atoms with Gasteiger partial charge in [-0.2, -0.15) is 4.52 Å². The predicted molar refractivity (Wildman–Crippen MR) is 97.4 cm³/mol. The van der Waals surface area contributed by atoms with Crippen LogP contribution in [0.1, 0.15) is 26.2 Å². The van der Waals surface area contributed by atoms with Crippen LogP contribution in [0.2, 0.25) is 0 Å². The lowest BCUT2D eigenvalue weighted by molar-refractivity contribution is 0.579. The van der Waals surface area contributed by atoms with E-state index < -0.39 is 0 Å². The zero-order valence-corrected chi connectivity index (χ0v) is 15.2. The van der Waals surface area contributed by atoms with Crippen molar-refractivity contribution in [1.82, 2.24) is 34.1 Å². The van der Waals surface area contributed by atoms with Gasteiger partial charge in [0, 0.05) is 24.5 Å². The number of nitrogens with zero attached hydrogens (tertiary/aromatic N) is 6. The van der Waals surface area contributed by atoms with Crippen LogP contribution < -0.4 is 5.69 Å². The number of pyridine rings is 1. The Hall–Kier alpha value is -2.55. The normalized spacial score (nSPS) is 11.6. The molecule has 0 aliphatic carbocycles. The standard InChI is InChI=1S/C16H16BrN7O/c1-2-3-4-8-23-13-11(19-15(17)21-13)14-20-12(22-24(14)16(23)25)10-6-5-7-18-9-10/h5-7,9H,2-4,8H2,1H3,(H,19,21). The number of imidazole rings is 1. The number of hydrogen-bond acceptors (Lipinski definition) is 5. The number of fused-ring (bicyclic) bond motifs is 3. The molecule has 0 aliphatic rings. The number of halogens is 1. The first-order chi connectivity index (χ1) is 12.2. The molecule has 0 saturated carbocycles. The molecule has 9 heteroatoms. The zero-order chi connectivity index (χ0) is 17.4. The lowest BCUT2D eigenvalue weighted by Crippen LogP contribution is -2.28. The Morgan fingerprint density at radius 2 is 2.12 bits per heavy atom. The van der Waals surface area contributed by atoms with Crippen molar-refractivity contribution in [1.29, 1.82) is 0 Å². The summed E-state index contributed by atoms with van der Waals surface area (Å²) in [6, 6.07) is 3.67. The first kappa shape index (κ1) is 15.9. The highest BCUT2D eigenvalue weighted by Crippen LogP contribution is 2.21. The average Bonchev–Trinajstić information content (AvgIpc) is 3.22. The summed E-state index contributed by atoms with van der Waals surface area (Å²) in [5.41, 5.74) is 2.26. The summed E-state index contributed by atoms with van der Waals surface area (Å²) in [5, 5.41) is 4.40. The number of aryl methyl sites for hydroxylation is 1. The molecule has 0 aromatic carbocycles. The van der Waals surface area contributed by atoms with E-state index in [0.29, 0.717) is 33.9 Å². The van der Waals surface area contributed by atoms with Gasteiger partial charge >= 0.3 is 5.69 Å². The SMILES string of the molecule is CCCCCn1c(=O)n2nc(-c3cccnc3)nc2c2[nH]c(Br)nc21. The molecule has 4 rings (SSSR count). The van der Waals surface area contributed by atoms with Gasteiger partial charge in [-0.1, -0.05) is 19.8 Å². The van der Waals surface area contributed by atoms with E-state index >= 15 is 0 Å². The number of rotatable bonds is 5. The van der Waals surface area contributed by atoms with Crippen molar-refractivity contribution in [2.24, 2.45) is 0 Å². The molecule has 0 atom stereocenters. The quantitative estimate of drug-likeness (QED) is 0.409. The summed E-state index contributed by atoms with van der Waals surface area (Å²) >= 11 is 3.35. The topological polar surface area (TPSA) is 93.8 Å². The van der Waals surface area contributed by atoms with E-state index in [-0.39, 0.29) is 5.69 Å². The molecule has 4 aromatic heterocycles. The number of aromatic nitrogens is 7. The maximum atomic E-state index is 12.9. The van der Waals surface area contributed by atoms with E-state index in [4.69, 9.17) is 0 Å². The number of H-pyrrole nitrogens is 1. The highest BCUT2D eigenvalue weighted by Gasteiger charge is 2.18. The van der Waals surface area contributed by atoms with Crippen LogP contribution in [0.15, 0.2) is 34.1 Å². The summed E-state index contributed by atoms with van der Waals surface area (Å²) in [6.45, 7) is 2.72.